The van der Waals surface area contributed by atoms with Crippen molar-refractivity contribution in [2.45, 2.75) is 85.2 Å². The molecule has 0 N–H and O–H groups in total. The predicted molar refractivity (Wildman–Crippen MR) is 137 cm³/mol. The quantitative estimate of drug-likeness (QED) is 0.179. The molecule has 0 bridgehead atoms. The van der Waals surface area contributed by atoms with Gasteiger partial charge in [-0.3, -0.25) is 4.79 Å². The van der Waals surface area contributed by atoms with E-state index in [0.717, 1.165) is 23.3 Å². The highest BCUT2D eigenvalue weighted by molar-refractivity contribution is 6.74. The third kappa shape index (κ3) is 8.34. The average Bonchev–Trinajstić information content (AvgIpc) is 2.70. The van der Waals surface area contributed by atoms with Crippen LogP contribution in [0.15, 0.2) is 48.6 Å². The Labute approximate surface area is 197 Å². The summed E-state index contributed by atoms with van der Waals surface area (Å²) in [6, 6.07) is 7.78. The molecule has 0 aromatic heterocycles. The van der Waals surface area contributed by atoms with Crippen molar-refractivity contribution in [2.24, 2.45) is 5.41 Å². The van der Waals surface area contributed by atoms with E-state index in [-0.39, 0.29) is 16.9 Å². The third-order valence-electron chi connectivity index (χ3n) is 6.57. The molecule has 1 atom stereocenters. The Hall–Kier alpha value is -1.69. The standard InChI is InChI=1S/C27H44O4Si/c1-11-12-25(30-20-22-13-15-23(29-8)16-14-22)27(6,7)24(28)19-21(2)17-18-31-32(9,10)26(3,4)5/h11,13-16,19,25H,1,12,17-18,20H2,2-10H3/b21-19+/t25-/m1/s1. The zero-order valence-corrected chi connectivity index (χ0v) is 22.7. The lowest BCUT2D eigenvalue weighted by Gasteiger charge is -2.36. The van der Waals surface area contributed by atoms with Crippen molar-refractivity contribution >= 4 is 14.1 Å². The molecule has 180 valence electrons. The van der Waals surface area contributed by atoms with E-state index in [4.69, 9.17) is 13.9 Å². The van der Waals surface area contributed by atoms with Crippen LogP contribution in [-0.2, 0) is 20.6 Å². The van der Waals surface area contributed by atoms with Crippen LogP contribution in [0, 0.1) is 5.41 Å². The number of hydrogen-bond acceptors (Lipinski definition) is 4. The van der Waals surface area contributed by atoms with E-state index >= 15 is 0 Å². The summed E-state index contributed by atoms with van der Waals surface area (Å²) >= 11 is 0. The molecule has 0 radical (unpaired) electrons. The SMILES string of the molecule is C=CC[C@@H](OCc1ccc(OC)cc1)C(C)(C)C(=O)/C=C(\C)CCO[Si](C)(C)C(C)(C)C. The second-order valence-electron chi connectivity index (χ2n) is 10.6. The van der Waals surface area contributed by atoms with Gasteiger partial charge in [-0.15, -0.1) is 6.58 Å². The molecular weight excluding hydrogens is 416 g/mol. The predicted octanol–water partition coefficient (Wildman–Crippen LogP) is 7.11. The number of ether oxygens (including phenoxy) is 2. The Balaban J connectivity index is 2.77. The fourth-order valence-corrected chi connectivity index (χ4v) is 4.01. The number of rotatable bonds is 13. The maximum absolute atomic E-state index is 13.2. The molecule has 0 amide bonds. The van der Waals surface area contributed by atoms with Crippen LogP contribution in [0.1, 0.15) is 59.9 Å². The summed E-state index contributed by atoms with van der Waals surface area (Å²) < 4.78 is 17.7. The minimum atomic E-state index is -1.78. The Morgan fingerprint density at radius 2 is 1.72 bits per heavy atom. The van der Waals surface area contributed by atoms with Crippen LogP contribution in [0.2, 0.25) is 18.1 Å². The molecule has 32 heavy (non-hydrogen) atoms. The van der Waals surface area contributed by atoms with Crippen molar-refractivity contribution in [2.75, 3.05) is 13.7 Å². The first-order chi connectivity index (χ1) is 14.7. The lowest BCUT2D eigenvalue weighted by molar-refractivity contribution is -0.131. The van der Waals surface area contributed by atoms with Gasteiger partial charge in [0.05, 0.1) is 25.2 Å². The van der Waals surface area contributed by atoms with Gasteiger partial charge in [0.2, 0.25) is 0 Å². The first-order valence-corrected chi connectivity index (χ1v) is 14.4. The number of benzene rings is 1. The molecule has 0 aliphatic heterocycles. The molecule has 1 aromatic carbocycles. The first-order valence-electron chi connectivity index (χ1n) is 11.5. The van der Waals surface area contributed by atoms with Crippen LogP contribution in [0.4, 0.5) is 0 Å². The van der Waals surface area contributed by atoms with E-state index in [2.05, 4.69) is 40.4 Å². The first kappa shape index (κ1) is 28.3. The zero-order valence-electron chi connectivity index (χ0n) is 21.7. The van der Waals surface area contributed by atoms with Crippen LogP contribution in [0.25, 0.3) is 0 Å². The maximum atomic E-state index is 13.2. The minimum Gasteiger partial charge on any atom is -0.497 e. The molecule has 0 saturated heterocycles. The molecule has 0 heterocycles. The highest BCUT2D eigenvalue weighted by Crippen LogP contribution is 2.36. The van der Waals surface area contributed by atoms with Gasteiger partial charge in [-0.1, -0.05) is 58.4 Å². The van der Waals surface area contributed by atoms with E-state index < -0.39 is 13.7 Å². The topological polar surface area (TPSA) is 44.8 Å². The minimum absolute atomic E-state index is 0.0731. The average molecular weight is 461 g/mol. The van der Waals surface area contributed by atoms with E-state index in [1.54, 1.807) is 13.2 Å². The Morgan fingerprint density at radius 3 is 2.22 bits per heavy atom. The summed E-state index contributed by atoms with van der Waals surface area (Å²) in [7, 11) is -0.130. The van der Waals surface area contributed by atoms with Crippen LogP contribution in [-0.4, -0.2) is 33.9 Å². The molecule has 1 aromatic rings. The molecule has 5 heteroatoms. The largest absolute Gasteiger partial charge is 0.497 e. The van der Waals surface area contributed by atoms with Crippen molar-refractivity contribution in [3.63, 3.8) is 0 Å². The maximum Gasteiger partial charge on any atom is 0.191 e. The Bertz CT molecular complexity index is 770. The van der Waals surface area contributed by atoms with Crippen molar-refractivity contribution in [1.29, 1.82) is 0 Å². The van der Waals surface area contributed by atoms with E-state index in [9.17, 15) is 4.79 Å². The molecule has 0 fully saturated rings. The van der Waals surface area contributed by atoms with E-state index in [1.807, 2.05) is 51.1 Å². The van der Waals surface area contributed by atoms with Gasteiger partial charge in [0.1, 0.15) is 5.75 Å². The van der Waals surface area contributed by atoms with Crippen molar-refractivity contribution in [3.05, 3.63) is 54.1 Å². The van der Waals surface area contributed by atoms with Crippen LogP contribution in [0.3, 0.4) is 0 Å². The second-order valence-corrected chi connectivity index (χ2v) is 15.4. The number of methoxy groups -OCH3 is 1. The second kappa shape index (κ2) is 12.0. The van der Waals surface area contributed by atoms with Gasteiger partial charge in [-0.2, -0.15) is 0 Å². The monoisotopic (exact) mass is 460 g/mol. The van der Waals surface area contributed by atoms with Gasteiger partial charge in [0, 0.05) is 6.61 Å². The molecule has 0 aliphatic carbocycles. The van der Waals surface area contributed by atoms with E-state index in [0.29, 0.717) is 19.6 Å². The molecule has 0 spiro atoms. The van der Waals surface area contributed by atoms with Gasteiger partial charge in [0.15, 0.2) is 14.1 Å². The zero-order chi connectivity index (χ0) is 24.6. The van der Waals surface area contributed by atoms with Gasteiger partial charge in [-0.05, 0) is 61.7 Å². The number of carbonyl (C=O) groups excluding carboxylic acids is 1. The van der Waals surface area contributed by atoms with Crippen LogP contribution < -0.4 is 4.74 Å². The fraction of sp³-hybridized carbons (Fsp3) is 0.593. The Kier molecular flexibility index (Phi) is 10.6. The van der Waals surface area contributed by atoms with Gasteiger partial charge < -0.3 is 13.9 Å². The molecule has 0 unspecified atom stereocenters. The molecule has 0 aliphatic rings. The lowest BCUT2D eigenvalue weighted by atomic mass is 9.79. The van der Waals surface area contributed by atoms with Gasteiger partial charge in [-0.25, -0.2) is 0 Å². The van der Waals surface area contributed by atoms with Gasteiger partial charge >= 0.3 is 0 Å². The van der Waals surface area contributed by atoms with Crippen molar-refractivity contribution in [3.8, 4) is 5.75 Å². The summed E-state index contributed by atoms with van der Waals surface area (Å²) in [5, 5.41) is 0.182. The smallest absolute Gasteiger partial charge is 0.191 e. The summed E-state index contributed by atoms with van der Waals surface area (Å²) in [5.74, 6) is 0.883. The van der Waals surface area contributed by atoms with Crippen LogP contribution in [0.5, 0.6) is 5.75 Å². The molecule has 4 nitrogen and oxygen atoms in total. The molecule has 1 rings (SSSR count). The highest BCUT2D eigenvalue weighted by atomic mass is 28.4. The van der Waals surface area contributed by atoms with Gasteiger partial charge in [0.25, 0.3) is 0 Å². The summed E-state index contributed by atoms with van der Waals surface area (Å²) in [6.07, 6.45) is 4.69. The van der Waals surface area contributed by atoms with Crippen LogP contribution >= 0.6 is 0 Å². The third-order valence-corrected chi connectivity index (χ3v) is 11.1. The number of allylic oxidation sites excluding steroid dienone is 1. The normalized spacial score (nSPS) is 14.2. The number of hydrogen-bond donors (Lipinski definition) is 0. The number of carbonyl (C=O) groups is 1. The summed E-state index contributed by atoms with van der Waals surface area (Å²) in [4.78, 5) is 13.2. The fourth-order valence-electron chi connectivity index (χ4n) is 2.97. The summed E-state index contributed by atoms with van der Waals surface area (Å²) in [5.41, 5.74) is 1.41. The number of ketones is 1. The highest BCUT2D eigenvalue weighted by Gasteiger charge is 2.37. The Morgan fingerprint density at radius 1 is 1.12 bits per heavy atom. The molecular formula is C27H44O4Si. The lowest BCUT2D eigenvalue weighted by Crippen LogP contribution is -2.41. The van der Waals surface area contributed by atoms with Crippen molar-refractivity contribution < 1.29 is 18.7 Å². The van der Waals surface area contributed by atoms with Crippen molar-refractivity contribution in [1.82, 2.24) is 0 Å². The molecule has 0 saturated carbocycles. The summed E-state index contributed by atoms with van der Waals surface area (Å²) in [6.45, 7) is 22.1. The van der Waals surface area contributed by atoms with E-state index in [1.165, 1.54) is 0 Å².